The fourth-order valence-corrected chi connectivity index (χ4v) is 5.97. The maximum Gasteiger partial charge on any atom is 0.314 e. The number of carbonyl (C=O) groups is 2. The number of carbonyl (C=O) groups excluding carboxylic acids is 2. The van der Waals surface area contributed by atoms with Crippen molar-refractivity contribution >= 4 is 38.3 Å². The number of nitrogens with zero attached hydrogens (tertiary/aromatic N) is 1. The molecule has 5 rings (SSSR count). The van der Waals surface area contributed by atoms with Crippen molar-refractivity contribution in [3.05, 3.63) is 83.6 Å². The first-order valence-electron chi connectivity index (χ1n) is 11.0. The van der Waals surface area contributed by atoms with E-state index in [0.29, 0.717) is 5.56 Å². The van der Waals surface area contributed by atoms with Gasteiger partial charge in [0.2, 0.25) is 5.78 Å². The summed E-state index contributed by atoms with van der Waals surface area (Å²) < 4.78 is 33.3. The van der Waals surface area contributed by atoms with Gasteiger partial charge in [0.15, 0.2) is 5.76 Å². The fourth-order valence-electron chi connectivity index (χ4n) is 4.58. The lowest BCUT2D eigenvalue weighted by molar-refractivity contribution is -0.141. The van der Waals surface area contributed by atoms with E-state index in [9.17, 15) is 18.0 Å². The van der Waals surface area contributed by atoms with E-state index in [2.05, 4.69) is 0 Å². The Kier molecular flexibility index (Phi) is 5.29. The topological polar surface area (TPSA) is 80.8 Å². The molecule has 0 saturated heterocycles. The summed E-state index contributed by atoms with van der Waals surface area (Å²) in [7, 11) is -2.67. The molecule has 1 saturated carbocycles. The van der Waals surface area contributed by atoms with Crippen molar-refractivity contribution < 1.29 is 22.7 Å². The monoisotopic (exact) mass is 461 g/mol. The number of fused-ring (bicyclic) bond motifs is 2. The lowest BCUT2D eigenvalue weighted by Crippen LogP contribution is -2.36. The number of rotatable bonds is 4. The van der Waals surface area contributed by atoms with E-state index in [4.69, 9.17) is 4.74 Å². The van der Waals surface area contributed by atoms with E-state index < -0.39 is 21.8 Å². The lowest BCUT2D eigenvalue weighted by Gasteiger charge is -2.30. The average molecular weight is 462 g/mol. The third-order valence-corrected chi connectivity index (χ3v) is 8.23. The maximum absolute atomic E-state index is 13.7. The first kappa shape index (κ1) is 21.4. The van der Waals surface area contributed by atoms with Crippen LogP contribution in [0.25, 0.3) is 16.5 Å². The number of esters is 1. The van der Waals surface area contributed by atoms with Crippen molar-refractivity contribution in [1.29, 1.82) is 0 Å². The van der Waals surface area contributed by atoms with Crippen LogP contribution in [0, 0.1) is 5.92 Å². The van der Waals surface area contributed by atoms with Crippen LogP contribution in [0.15, 0.2) is 77.3 Å². The average Bonchev–Trinajstić information content (AvgIpc) is 3.37. The number of likely N-dealkylation sites (N-methyl/N-ethyl adjacent to an activating group) is 1. The number of Topliss-reactive ketones (excluding diaryl/α,β-unsaturated/α-hetero) is 1. The molecule has 2 aliphatic rings. The van der Waals surface area contributed by atoms with Gasteiger partial charge in [-0.1, -0.05) is 61.4 Å². The van der Waals surface area contributed by atoms with Crippen molar-refractivity contribution in [2.24, 2.45) is 5.92 Å². The summed E-state index contributed by atoms with van der Waals surface area (Å²) in [5.41, 5.74) is 0.390. The molecule has 0 aromatic heterocycles. The zero-order chi connectivity index (χ0) is 23.2. The van der Waals surface area contributed by atoms with Crippen LogP contribution in [0.5, 0.6) is 0 Å². The van der Waals surface area contributed by atoms with Gasteiger partial charge in [-0.15, -0.1) is 0 Å². The number of ether oxygens (including phenoxy) is 1. The molecule has 1 aliphatic heterocycles. The molecule has 7 heteroatoms. The molecular formula is C26H23NO5S. The molecule has 1 aliphatic carbocycles. The molecule has 0 amide bonds. The van der Waals surface area contributed by atoms with Crippen molar-refractivity contribution in [2.75, 3.05) is 7.05 Å². The Bertz CT molecular complexity index is 1420. The van der Waals surface area contributed by atoms with Gasteiger partial charge in [-0.3, -0.25) is 13.9 Å². The van der Waals surface area contributed by atoms with Gasteiger partial charge < -0.3 is 4.74 Å². The SMILES string of the molecule is CN1C(C(=O)c2ccc3ccccc3c2)=C(OC(=O)C2CCCC2)c2ccccc2S1(=O)=O. The van der Waals surface area contributed by atoms with Crippen LogP contribution in [0.2, 0.25) is 0 Å². The minimum absolute atomic E-state index is 0.00187. The second-order valence-electron chi connectivity index (χ2n) is 8.44. The quantitative estimate of drug-likeness (QED) is 0.413. The highest BCUT2D eigenvalue weighted by Gasteiger charge is 2.40. The normalized spacial score (nSPS) is 17.8. The first-order chi connectivity index (χ1) is 15.9. The van der Waals surface area contributed by atoms with E-state index >= 15 is 0 Å². The summed E-state index contributed by atoms with van der Waals surface area (Å²) >= 11 is 0. The second-order valence-corrected chi connectivity index (χ2v) is 10.4. The molecule has 3 aromatic carbocycles. The molecule has 0 unspecified atom stereocenters. The predicted molar refractivity (Wildman–Crippen MR) is 125 cm³/mol. The fraction of sp³-hybridized carbons (Fsp3) is 0.231. The number of allylic oxidation sites excluding steroid dienone is 1. The van der Waals surface area contributed by atoms with Crippen LogP contribution in [-0.2, 0) is 19.6 Å². The Morgan fingerprint density at radius 1 is 0.909 bits per heavy atom. The summed E-state index contributed by atoms with van der Waals surface area (Å²) in [4.78, 5) is 26.7. The summed E-state index contributed by atoms with van der Waals surface area (Å²) in [6, 6.07) is 19.1. The van der Waals surface area contributed by atoms with E-state index in [0.717, 1.165) is 40.8 Å². The van der Waals surface area contributed by atoms with Crippen molar-refractivity contribution in [2.45, 2.75) is 30.6 Å². The number of ketones is 1. The van der Waals surface area contributed by atoms with Crippen LogP contribution in [0.4, 0.5) is 0 Å². The lowest BCUT2D eigenvalue weighted by atomic mass is 10.0. The molecule has 1 fully saturated rings. The maximum atomic E-state index is 13.7. The zero-order valence-electron chi connectivity index (χ0n) is 18.2. The van der Waals surface area contributed by atoms with Crippen LogP contribution >= 0.6 is 0 Å². The number of hydrogen-bond acceptors (Lipinski definition) is 5. The molecule has 33 heavy (non-hydrogen) atoms. The zero-order valence-corrected chi connectivity index (χ0v) is 19.0. The minimum atomic E-state index is -3.99. The van der Waals surface area contributed by atoms with Gasteiger partial charge in [0.25, 0.3) is 10.0 Å². The first-order valence-corrected chi connectivity index (χ1v) is 12.4. The predicted octanol–water partition coefficient (Wildman–Crippen LogP) is 4.76. The number of sulfonamides is 1. The summed E-state index contributed by atoms with van der Waals surface area (Å²) in [6.45, 7) is 0. The third-order valence-electron chi connectivity index (χ3n) is 6.42. The molecular weight excluding hydrogens is 438 g/mol. The summed E-state index contributed by atoms with van der Waals surface area (Å²) in [6.07, 6.45) is 3.37. The Morgan fingerprint density at radius 3 is 2.33 bits per heavy atom. The van der Waals surface area contributed by atoms with Crippen molar-refractivity contribution in [1.82, 2.24) is 4.31 Å². The van der Waals surface area contributed by atoms with E-state index in [1.54, 1.807) is 30.3 Å². The molecule has 0 bridgehead atoms. The van der Waals surface area contributed by atoms with Gasteiger partial charge in [0, 0.05) is 18.2 Å². The van der Waals surface area contributed by atoms with E-state index in [1.807, 2.05) is 30.3 Å². The van der Waals surface area contributed by atoms with Gasteiger partial charge in [-0.05, 0) is 41.8 Å². The highest BCUT2D eigenvalue weighted by atomic mass is 32.2. The van der Waals surface area contributed by atoms with Crippen molar-refractivity contribution in [3.8, 4) is 0 Å². The second kappa shape index (κ2) is 8.15. The van der Waals surface area contributed by atoms with Crippen LogP contribution in [0.3, 0.4) is 0 Å². The molecule has 1 heterocycles. The molecule has 0 spiro atoms. The van der Waals surface area contributed by atoms with Gasteiger partial charge in [-0.25, -0.2) is 8.42 Å². The van der Waals surface area contributed by atoms with Gasteiger partial charge >= 0.3 is 5.97 Å². The summed E-state index contributed by atoms with van der Waals surface area (Å²) in [5, 5.41) is 1.82. The molecule has 0 radical (unpaired) electrons. The molecule has 168 valence electrons. The molecule has 3 aromatic rings. The van der Waals surface area contributed by atoms with Crippen molar-refractivity contribution in [3.63, 3.8) is 0 Å². The Hall–Kier alpha value is -3.45. The third kappa shape index (κ3) is 3.62. The highest BCUT2D eigenvalue weighted by molar-refractivity contribution is 7.89. The Morgan fingerprint density at radius 2 is 1.58 bits per heavy atom. The molecule has 0 atom stereocenters. The number of hydrogen-bond donors (Lipinski definition) is 0. The van der Waals surface area contributed by atoms with Gasteiger partial charge in [0.1, 0.15) is 5.70 Å². The highest BCUT2D eigenvalue weighted by Crippen LogP contribution is 2.39. The molecule has 6 nitrogen and oxygen atoms in total. The van der Waals surface area contributed by atoms with E-state index in [-0.39, 0.29) is 27.8 Å². The Balaban J connectivity index is 1.68. The Labute approximate surface area is 192 Å². The standard InChI is InChI=1S/C26H23NO5S/c1-27-23(24(28)20-15-14-17-8-2-5-11-19(17)16-20)25(32-26(29)18-9-3-4-10-18)21-12-6-7-13-22(21)33(27,30)31/h2,5-8,11-16,18H,3-4,9-10H2,1H3. The largest absolute Gasteiger partial charge is 0.423 e. The summed E-state index contributed by atoms with van der Waals surface area (Å²) in [5.74, 6) is -1.19. The minimum Gasteiger partial charge on any atom is -0.423 e. The van der Waals surface area contributed by atoms with Gasteiger partial charge in [-0.2, -0.15) is 0 Å². The van der Waals surface area contributed by atoms with E-state index in [1.165, 1.54) is 13.1 Å². The van der Waals surface area contributed by atoms with Crippen LogP contribution in [-0.4, -0.2) is 31.5 Å². The van der Waals surface area contributed by atoms with Gasteiger partial charge in [0.05, 0.1) is 10.8 Å². The van der Waals surface area contributed by atoms with Crippen LogP contribution < -0.4 is 0 Å². The van der Waals surface area contributed by atoms with Crippen LogP contribution in [0.1, 0.15) is 41.6 Å². The molecule has 0 N–H and O–H groups in total. The smallest absolute Gasteiger partial charge is 0.314 e. The number of benzene rings is 3.